The maximum absolute atomic E-state index is 12.9. The summed E-state index contributed by atoms with van der Waals surface area (Å²) in [5.74, 6) is -0.125. The molecule has 0 fully saturated rings. The number of nitrogens with one attached hydrogen (secondary N) is 2. The van der Waals surface area contributed by atoms with Crippen LogP contribution in [0.4, 0.5) is 11.4 Å². The number of rotatable bonds is 4. The molecular weight excluding hydrogens is 386 g/mol. The second-order valence-electron chi connectivity index (χ2n) is 7.14. The molecule has 2 heterocycles. The van der Waals surface area contributed by atoms with Crippen LogP contribution in [0.25, 0.3) is 21.8 Å². The third-order valence-electron chi connectivity index (χ3n) is 5.35. The van der Waals surface area contributed by atoms with E-state index in [1.807, 2.05) is 30.3 Å². The Balaban J connectivity index is 1.56. The Hall–Kier alpha value is -3.32. The number of sulfonamides is 1. The largest absolute Gasteiger partial charge is 0.341 e. The molecule has 7 heteroatoms. The van der Waals surface area contributed by atoms with Crippen LogP contribution in [0.5, 0.6) is 0 Å². The fraction of sp³-hybridized carbons (Fsp3) is 0.136. The van der Waals surface area contributed by atoms with Crippen molar-refractivity contribution in [2.45, 2.75) is 24.8 Å². The SMILES string of the molecule is CCn1c2ccccc2c2cc(NS(=O)(=O)c3ccc4c(c3)CC(=O)N4)ccc21. The number of nitrogens with zero attached hydrogens (tertiary/aromatic N) is 1. The van der Waals surface area contributed by atoms with Crippen molar-refractivity contribution in [3.05, 3.63) is 66.2 Å². The first-order chi connectivity index (χ1) is 14.0. The van der Waals surface area contributed by atoms with Crippen LogP contribution in [-0.2, 0) is 27.8 Å². The molecule has 1 amide bonds. The van der Waals surface area contributed by atoms with Gasteiger partial charge in [-0.1, -0.05) is 18.2 Å². The normalized spacial score (nSPS) is 13.6. The molecule has 0 unspecified atom stereocenters. The van der Waals surface area contributed by atoms with Gasteiger partial charge < -0.3 is 9.88 Å². The highest BCUT2D eigenvalue weighted by atomic mass is 32.2. The standard InChI is InChI=1S/C22H19N3O3S/c1-2-25-20-6-4-3-5-17(20)18-13-15(7-10-21(18)25)24-29(27,28)16-8-9-19-14(11-16)12-22(26)23-19/h3-11,13,24H,2,12H2,1H3,(H,23,26). The minimum absolute atomic E-state index is 0.125. The number of para-hydroxylation sites is 1. The molecule has 146 valence electrons. The molecule has 0 radical (unpaired) electrons. The number of amides is 1. The zero-order valence-electron chi connectivity index (χ0n) is 15.8. The lowest BCUT2D eigenvalue weighted by atomic mass is 10.1. The number of anilines is 2. The first kappa shape index (κ1) is 17.8. The minimum Gasteiger partial charge on any atom is -0.341 e. The maximum atomic E-state index is 12.9. The van der Waals surface area contributed by atoms with Crippen LogP contribution in [-0.4, -0.2) is 18.9 Å². The molecule has 0 atom stereocenters. The highest BCUT2D eigenvalue weighted by Gasteiger charge is 2.22. The van der Waals surface area contributed by atoms with Crippen molar-refractivity contribution in [2.24, 2.45) is 0 Å². The summed E-state index contributed by atoms with van der Waals surface area (Å²) in [5.41, 5.74) is 4.06. The smallest absolute Gasteiger partial charge is 0.261 e. The monoisotopic (exact) mass is 405 g/mol. The number of aryl methyl sites for hydroxylation is 1. The average molecular weight is 405 g/mol. The van der Waals surface area contributed by atoms with Gasteiger partial charge >= 0.3 is 0 Å². The molecule has 0 saturated carbocycles. The zero-order chi connectivity index (χ0) is 20.2. The number of hydrogen-bond donors (Lipinski definition) is 2. The molecule has 1 aliphatic rings. The van der Waals surface area contributed by atoms with E-state index in [1.165, 1.54) is 6.07 Å². The fourth-order valence-corrected chi connectivity index (χ4v) is 5.14. The van der Waals surface area contributed by atoms with Gasteiger partial charge in [0.1, 0.15) is 0 Å². The van der Waals surface area contributed by atoms with Crippen LogP contribution in [0.2, 0.25) is 0 Å². The Bertz CT molecular complexity index is 1400. The van der Waals surface area contributed by atoms with Crippen LogP contribution in [0.3, 0.4) is 0 Å². The highest BCUT2D eigenvalue weighted by molar-refractivity contribution is 7.92. The van der Waals surface area contributed by atoms with Gasteiger partial charge in [-0.2, -0.15) is 0 Å². The van der Waals surface area contributed by atoms with E-state index in [-0.39, 0.29) is 17.2 Å². The number of fused-ring (bicyclic) bond motifs is 4. The first-order valence-corrected chi connectivity index (χ1v) is 10.9. The molecule has 29 heavy (non-hydrogen) atoms. The average Bonchev–Trinajstić information content (AvgIpc) is 3.23. The fourth-order valence-electron chi connectivity index (χ4n) is 4.04. The van der Waals surface area contributed by atoms with E-state index in [1.54, 1.807) is 18.2 Å². The second kappa shape index (κ2) is 6.35. The summed E-state index contributed by atoms with van der Waals surface area (Å²) in [5, 5.41) is 4.81. The summed E-state index contributed by atoms with van der Waals surface area (Å²) in [6, 6.07) is 18.4. The van der Waals surface area contributed by atoms with Gasteiger partial charge in [0.2, 0.25) is 5.91 Å². The van der Waals surface area contributed by atoms with Gasteiger partial charge in [-0.15, -0.1) is 0 Å². The van der Waals surface area contributed by atoms with Crippen molar-refractivity contribution >= 4 is 49.1 Å². The van der Waals surface area contributed by atoms with Gasteiger partial charge in [0.05, 0.1) is 11.3 Å². The van der Waals surface area contributed by atoms with Crippen LogP contribution in [0, 0.1) is 0 Å². The molecular formula is C22H19N3O3S. The van der Waals surface area contributed by atoms with E-state index in [0.717, 1.165) is 28.4 Å². The molecule has 1 aromatic heterocycles. The van der Waals surface area contributed by atoms with E-state index >= 15 is 0 Å². The second-order valence-corrected chi connectivity index (χ2v) is 8.83. The Morgan fingerprint density at radius 3 is 2.62 bits per heavy atom. The van der Waals surface area contributed by atoms with Crippen LogP contribution in [0.15, 0.2) is 65.6 Å². The van der Waals surface area contributed by atoms with Crippen molar-refractivity contribution < 1.29 is 13.2 Å². The lowest BCUT2D eigenvalue weighted by Crippen LogP contribution is -2.13. The summed E-state index contributed by atoms with van der Waals surface area (Å²) in [7, 11) is -3.77. The summed E-state index contributed by atoms with van der Waals surface area (Å²) in [6.45, 7) is 2.92. The maximum Gasteiger partial charge on any atom is 0.261 e. The lowest BCUT2D eigenvalue weighted by molar-refractivity contribution is -0.115. The van der Waals surface area contributed by atoms with Gasteiger partial charge in [0.25, 0.3) is 10.0 Å². The Morgan fingerprint density at radius 1 is 1.00 bits per heavy atom. The van der Waals surface area contributed by atoms with Crippen LogP contribution >= 0.6 is 0 Å². The van der Waals surface area contributed by atoms with Gasteiger partial charge in [-0.3, -0.25) is 9.52 Å². The summed E-state index contributed by atoms with van der Waals surface area (Å²) in [4.78, 5) is 11.7. The van der Waals surface area contributed by atoms with Crippen molar-refractivity contribution in [1.82, 2.24) is 4.57 Å². The summed E-state index contributed by atoms with van der Waals surface area (Å²) < 4.78 is 30.7. The predicted molar refractivity (Wildman–Crippen MR) is 115 cm³/mol. The van der Waals surface area contributed by atoms with Crippen molar-refractivity contribution in [3.63, 3.8) is 0 Å². The Kier molecular flexibility index (Phi) is 3.89. The van der Waals surface area contributed by atoms with E-state index in [9.17, 15) is 13.2 Å². The lowest BCUT2D eigenvalue weighted by Gasteiger charge is -2.10. The number of benzene rings is 3. The summed E-state index contributed by atoms with van der Waals surface area (Å²) in [6.07, 6.45) is 0.196. The molecule has 6 nitrogen and oxygen atoms in total. The number of carbonyl (C=O) groups excluding carboxylic acids is 1. The van der Waals surface area contributed by atoms with Crippen LogP contribution < -0.4 is 10.0 Å². The van der Waals surface area contributed by atoms with E-state index < -0.39 is 10.0 Å². The molecule has 0 bridgehead atoms. The molecule has 0 spiro atoms. The number of hydrogen-bond acceptors (Lipinski definition) is 3. The van der Waals surface area contributed by atoms with E-state index in [2.05, 4.69) is 27.6 Å². The van der Waals surface area contributed by atoms with Gasteiger partial charge in [0.15, 0.2) is 0 Å². The van der Waals surface area contributed by atoms with Gasteiger partial charge in [-0.05, 0) is 55.0 Å². The highest BCUT2D eigenvalue weighted by Crippen LogP contribution is 2.32. The Labute approximate surface area is 168 Å². The summed E-state index contributed by atoms with van der Waals surface area (Å²) >= 11 is 0. The predicted octanol–water partition coefficient (Wildman–Crippen LogP) is 4.11. The first-order valence-electron chi connectivity index (χ1n) is 9.43. The third kappa shape index (κ3) is 2.86. The van der Waals surface area contributed by atoms with Gasteiger partial charge in [-0.25, -0.2) is 8.42 Å². The third-order valence-corrected chi connectivity index (χ3v) is 6.73. The molecule has 2 N–H and O–H groups in total. The molecule has 5 rings (SSSR count). The quantitative estimate of drug-likeness (QED) is 0.536. The van der Waals surface area contributed by atoms with Crippen molar-refractivity contribution in [2.75, 3.05) is 10.0 Å². The molecule has 1 aliphatic heterocycles. The van der Waals surface area contributed by atoms with E-state index in [0.29, 0.717) is 16.9 Å². The number of aromatic nitrogens is 1. The zero-order valence-corrected chi connectivity index (χ0v) is 16.6. The molecule has 3 aromatic carbocycles. The van der Waals surface area contributed by atoms with Crippen molar-refractivity contribution in [3.8, 4) is 0 Å². The topological polar surface area (TPSA) is 80.2 Å². The number of carbonyl (C=O) groups is 1. The van der Waals surface area contributed by atoms with Crippen LogP contribution in [0.1, 0.15) is 12.5 Å². The molecule has 4 aromatic rings. The Morgan fingerprint density at radius 2 is 1.79 bits per heavy atom. The molecule has 0 aliphatic carbocycles. The molecule has 0 saturated heterocycles. The van der Waals surface area contributed by atoms with Gasteiger partial charge in [0, 0.05) is 39.7 Å². The van der Waals surface area contributed by atoms with E-state index in [4.69, 9.17) is 0 Å². The van der Waals surface area contributed by atoms with Crippen molar-refractivity contribution in [1.29, 1.82) is 0 Å². The minimum atomic E-state index is -3.77.